The third kappa shape index (κ3) is 2.62. The zero-order valence-electron chi connectivity index (χ0n) is 9.85. The molecule has 18 heavy (non-hydrogen) atoms. The van der Waals surface area contributed by atoms with Gasteiger partial charge in [-0.15, -0.1) is 11.3 Å². The molecule has 0 aliphatic rings. The SMILES string of the molecule is Cc1ccc(NS(=O)(=O)c2ccc(C)s2)c(=O)[nH]1. The second-order valence-electron chi connectivity index (χ2n) is 3.85. The molecule has 0 unspecified atom stereocenters. The van der Waals surface area contributed by atoms with E-state index in [-0.39, 0.29) is 9.90 Å². The van der Waals surface area contributed by atoms with Gasteiger partial charge in [-0.3, -0.25) is 9.52 Å². The fourth-order valence-electron chi connectivity index (χ4n) is 1.40. The Morgan fingerprint density at radius 3 is 2.44 bits per heavy atom. The first-order chi connectivity index (χ1) is 8.38. The minimum Gasteiger partial charge on any atom is -0.325 e. The maximum Gasteiger partial charge on any atom is 0.272 e. The van der Waals surface area contributed by atoms with E-state index in [4.69, 9.17) is 0 Å². The number of hydrogen-bond acceptors (Lipinski definition) is 4. The predicted molar refractivity (Wildman–Crippen MR) is 71.7 cm³/mol. The Morgan fingerprint density at radius 1 is 1.17 bits per heavy atom. The molecule has 0 aromatic carbocycles. The van der Waals surface area contributed by atoms with E-state index in [9.17, 15) is 13.2 Å². The lowest BCUT2D eigenvalue weighted by molar-refractivity contribution is 0.603. The Hall–Kier alpha value is -1.60. The molecule has 0 spiro atoms. The molecule has 2 heterocycles. The van der Waals surface area contributed by atoms with Crippen molar-refractivity contribution < 1.29 is 8.42 Å². The number of sulfonamides is 1. The molecule has 5 nitrogen and oxygen atoms in total. The third-order valence-electron chi connectivity index (χ3n) is 2.28. The van der Waals surface area contributed by atoms with Crippen molar-refractivity contribution >= 4 is 27.0 Å². The van der Waals surface area contributed by atoms with Crippen LogP contribution in [-0.4, -0.2) is 13.4 Å². The highest BCUT2D eigenvalue weighted by Crippen LogP contribution is 2.22. The molecular formula is C11H12N2O3S2. The molecule has 0 aliphatic heterocycles. The first-order valence-electron chi connectivity index (χ1n) is 5.18. The molecule has 2 N–H and O–H groups in total. The second-order valence-corrected chi connectivity index (χ2v) is 7.05. The molecule has 0 saturated carbocycles. The lowest BCUT2D eigenvalue weighted by Crippen LogP contribution is -2.19. The van der Waals surface area contributed by atoms with Crippen LogP contribution in [0.4, 0.5) is 5.69 Å². The summed E-state index contributed by atoms with van der Waals surface area (Å²) < 4.78 is 26.5. The van der Waals surface area contributed by atoms with E-state index < -0.39 is 15.6 Å². The number of anilines is 1. The molecule has 2 aromatic heterocycles. The summed E-state index contributed by atoms with van der Waals surface area (Å²) in [5.41, 5.74) is 0.244. The molecule has 0 fully saturated rings. The summed E-state index contributed by atoms with van der Waals surface area (Å²) in [6.45, 7) is 3.55. The lowest BCUT2D eigenvalue weighted by Gasteiger charge is -2.05. The highest BCUT2D eigenvalue weighted by atomic mass is 32.2. The normalized spacial score (nSPS) is 11.4. The van der Waals surface area contributed by atoms with Gasteiger partial charge in [0.25, 0.3) is 15.6 Å². The standard InChI is InChI=1S/C11H12N2O3S2/c1-7-3-5-9(11(14)12-7)13-18(15,16)10-6-4-8(2)17-10/h3-6,13H,1-2H3,(H,12,14). The van der Waals surface area contributed by atoms with Gasteiger partial charge in [0.2, 0.25) is 0 Å². The average Bonchev–Trinajstić information content (AvgIpc) is 2.70. The van der Waals surface area contributed by atoms with E-state index in [0.717, 1.165) is 16.2 Å². The van der Waals surface area contributed by atoms with Crippen LogP contribution in [0.15, 0.2) is 33.3 Å². The molecule has 2 rings (SSSR count). The van der Waals surface area contributed by atoms with Gasteiger partial charge in [-0.05, 0) is 38.1 Å². The molecular weight excluding hydrogens is 272 g/mol. The minimum atomic E-state index is -3.68. The summed E-state index contributed by atoms with van der Waals surface area (Å²) in [6, 6.07) is 6.33. The number of rotatable bonds is 3. The minimum absolute atomic E-state index is 0.0200. The number of pyridine rings is 1. The first-order valence-corrected chi connectivity index (χ1v) is 7.47. The Morgan fingerprint density at radius 2 is 1.89 bits per heavy atom. The number of aryl methyl sites for hydroxylation is 2. The molecule has 0 atom stereocenters. The van der Waals surface area contributed by atoms with Crippen LogP contribution >= 0.6 is 11.3 Å². The van der Waals surface area contributed by atoms with Crippen LogP contribution < -0.4 is 10.3 Å². The van der Waals surface area contributed by atoms with Gasteiger partial charge in [0.1, 0.15) is 9.90 Å². The maximum atomic E-state index is 12.0. The van der Waals surface area contributed by atoms with E-state index in [1.807, 2.05) is 6.92 Å². The van der Waals surface area contributed by atoms with E-state index in [1.165, 1.54) is 12.1 Å². The van der Waals surface area contributed by atoms with Crippen LogP contribution in [-0.2, 0) is 10.0 Å². The monoisotopic (exact) mass is 284 g/mol. The van der Waals surface area contributed by atoms with E-state index in [1.54, 1.807) is 19.1 Å². The van der Waals surface area contributed by atoms with E-state index >= 15 is 0 Å². The Kier molecular flexibility index (Phi) is 3.27. The summed E-state index contributed by atoms with van der Waals surface area (Å²) in [5.74, 6) is 0. The molecule has 0 aliphatic carbocycles. The van der Waals surface area contributed by atoms with Crippen molar-refractivity contribution in [2.24, 2.45) is 0 Å². The average molecular weight is 284 g/mol. The van der Waals surface area contributed by atoms with Gasteiger partial charge >= 0.3 is 0 Å². The van der Waals surface area contributed by atoms with Gasteiger partial charge in [0, 0.05) is 10.6 Å². The number of H-pyrrole nitrogens is 1. The Balaban J connectivity index is 2.36. The smallest absolute Gasteiger partial charge is 0.272 e. The van der Waals surface area contributed by atoms with E-state index in [0.29, 0.717) is 5.69 Å². The van der Waals surface area contributed by atoms with E-state index in [2.05, 4.69) is 9.71 Å². The maximum absolute atomic E-state index is 12.0. The second kappa shape index (κ2) is 4.58. The van der Waals surface area contributed by atoms with Crippen LogP contribution in [0.5, 0.6) is 0 Å². The Bertz CT molecular complexity index is 729. The topological polar surface area (TPSA) is 79.0 Å². The van der Waals surface area contributed by atoms with Crippen molar-refractivity contribution in [3.63, 3.8) is 0 Å². The van der Waals surface area contributed by atoms with Gasteiger partial charge in [0.05, 0.1) is 0 Å². The number of thiophene rings is 1. The number of nitrogens with one attached hydrogen (secondary N) is 2. The van der Waals surface area contributed by atoms with Crippen molar-refractivity contribution in [1.29, 1.82) is 0 Å². The van der Waals surface area contributed by atoms with Crippen LogP contribution in [0, 0.1) is 13.8 Å². The van der Waals surface area contributed by atoms with Crippen LogP contribution in [0.3, 0.4) is 0 Å². The van der Waals surface area contributed by atoms with Crippen molar-refractivity contribution in [3.8, 4) is 0 Å². The van der Waals surface area contributed by atoms with Gasteiger partial charge in [-0.25, -0.2) is 8.42 Å². The summed E-state index contributed by atoms with van der Waals surface area (Å²) in [4.78, 5) is 15.0. The van der Waals surface area contributed by atoms with Crippen LogP contribution in [0.2, 0.25) is 0 Å². The molecule has 2 aromatic rings. The predicted octanol–water partition coefficient (Wildman–Crippen LogP) is 1.85. The van der Waals surface area contributed by atoms with Crippen molar-refractivity contribution in [3.05, 3.63) is 45.2 Å². The number of aromatic nitrogens is 1. The van der Waals surface area contributed by atoms with Crippen molar-refractivity contribution in [1.82, 2.24) is 4.98 Å². The van der Waals surface area contributed by atoms with Gasteiger partial charge in [0.15, 0.2) is 0 Å². The molecule has 0 saturated heterocycles. The zero-order valence-corrected chi connectivity index (χ0v) is 11.5. The number of aromatic amines is 1. The van der Waals surface area contributed by atoms with Crippen LogP contribution in [0.1, 0.15) is 10.6 Å². The van der Waals surface area contributed by atoms with Crippen molar-refractivity contribution in [2.45, 2.75) is 18.1 Å². The molecule has 0 bridgehead atoms. The van der Waals surface area contributed by atoms with Gasteiger partial charge in [-0.2, -0.15) is 0 Å². The molecule has 96 valence electrons. The highest BCUT2D eigenvalue weighted by molar-refractivity contribution is 7.94. The number of hydrogen-bond donors (Lipinski definition) is 2. The summed E-state index contributed by atoms with van der Waals surface area (Å²) in [5, 5.41) is 0. The zero-order chi connectivity index (χ0) is 13.3. The lowest BCUT2D eigenvalue weighted by atomic mass is 10.3. The fraction of sp³-hybridized carbons (Fsp3) is 0.182. The Labute approximate surface area is 109 Å². The summed E-state index contributed by atoms with van der Waals surface area (Å²) >= 11 is 1.16. The molecule has 0 radical (unpaired) electrons. The highest BCUT2D eigenvalue weighted by Gasteiger charge is 2.17. The van der Waals surface area contributed by atoms with Gasteiger partial charge < -0.3 is 4.98 Å². The first kappa shape index (κ1) is 12.8. The van der Waals surface area contributed by atoms with Crippen LogP contribution in [0.25, 0.3) is 0 Å². The fourth-order valence-corrected chi connectivity index (χ4v) is 3.75. The summed E-state index contributed by atoms with van der Waals surface area (Å²) in [7, 11) is -3.68. The largest absolute Gasteiger partial charge is 0.325 e. The molecule has 7 heteroatoms. The third-order valence-corrected chi connectivity index (χ3v) is 5.14. The van der Waals surface area contributed by atoms with Gasteiger partial charge in [-0.1, -0.05) is 0 Å². The molecule has 0 amide bonds. The summed E-state index contributed by atoms with van der Waals surface area (Å²) in [6.07, 6.45) is 0. The quantitative estimate of drug-likeness (QED) is 0.902. The van der Waals surface area contributed by atoms with Crippen molar-refractivity contribution in [2.75, 3.05) is 4.72 Å².